The Balaban J connectivity index is 2.07. The first-order chi connectivity index (χ1) is 8.70. The molecule has 2 rings (SSSR count). The van der Waals surface area contributed by atoms with Gasteiger partial charge in [0.25, 0.3) is 0 Å². The molecule has 1 saturated carbocycles. The Labute approximate surface area is 117 Å². The summed E-state index contributed by atoms with van der Waals surface area (Å²) < 4.78 is 14.8. The molecule has 1 atom stereocenters. The lowest BCUT2D eigenvalue weighted by molar-refractivity contribution is 0.303. The lowest BCUT2D eigenvalue weighted by Crippen LogP contribution is -2.22. The van der Waals surface area contributed by atoms with Crippen molar-refractivity contribution in [3.8, 4) is 0 Å². The molecule has 18 heavy (non-hydrogen) atoms. The van der Waals surface area contributed by atoms with Gasteiger partial charge in [-0.15, -0.1) is 0 Å². The van der Waals surface area contributed by atoms with E-state index >= 15 is 0 Å². The molecule has 1 nitrogen and oxygen atoms in total. The highest BCUT2D eigenvalue weighted by atomic mass is 79.9. The summed E-state index contributed by atoms with van der Waals surface area (Å²) in [7, 11) is 1.93. The topological polar surface area (TPSA) is 12.0 Å². The van der Waals surface area contributed by atoms with Gasteiger partial charge in [-0.1, -0.05) is 54.1 Å². The summed E-state index contributed by atoms with van der Waals surface area (Å²) in [5.41, 5.74) is 0.797. The number of benzene rings is 1. The predicted molar refractivity (Wildman–Crippen MR) is 77.1 cm³/mol. The molecule has 0 radical (unpaired) electrons. The molecule has 100 valence electrons. The second kappa shape index (κ2) is 6.67. The van der Waals surface area contributed by atoms with Crippen molar-refractivity contribution in [1.82, 2.24) is 5.32 Å². The molecule has 1 aliphatic carbocycles. The maximum atomic E-state index is 14.0. The zero-order valence-corrected chi connectivity index (χ0v) is 12.5. The fourth-order valence-electron chi connectivity index (χ4n) is 2.94. The Morgan fingerprint density at radius 2 is 2.06 bits per heavy atom. The van der Waals surface area contributed by atoms with Crippen molar-refractivity contribution in [3.05, 3.63) is 34.1 Å². The van der Waals surface area contributed by atoms with Gasteiger partial charge in [0.1, 0.15) is 5.82 Å². The van der Waals surface area contributed by atoms with Gasteiger partial charge in [-0.3, -0.25) is 0 Å². The van der Waals surface area contributed by atoms with Crippen molar-refractivity contribution in [1.29, 1.82) is 0 Å². The summed E-state index contributed by atoms with van der Waals surface area (Å²) >= 11 is 3.31. The van der Waals surface area contributed by atoms with Crippen LogP contribution in [0.1, 0.15) is 50.1 Å². The number of hydrogen-bond donors (Lipinski definition) is 1. The normalized spacial score (nSPS) is 18.8. The molecule has 1 N–H and O–H groups in total. The third-order valence-corrected chi connectivity index (χ3v) is 4.47. The molecule has 3 heteroatoms. The van der Waals surface area contributed by atoms with E-state index in [-0.39, 0.29) is 11.9 Å². The summed E-state index contributed by atoms with van der Waals surface area (Å²) in [5.74, 6) is 0.638. The predicted octanol–water partition coefficient (Wildman–Crippen LogP) is 4.82. The van der Waals surface area contributed by atoms with Crippen LogP contribution in [-0.4, -0.2) is 7.05 Å². The molecule has 0 saturated heterocycles. The van der Waals surface area contributed by atoms with Crippen molar-refractivity contribution >= 4 is 15.9 Å². The standard InChI is InChI=1S/C15H21BrFN/c1-18-15(9-11-5-3-2-4-6-11)13-8-7-12(16)10-14(13)17/h7-8,10-11,15,18H,2-6,9H2,1H3. The average molecular weight is 314 g/mol. The summed E-state index contributed by atoms with van der Waals surface area (Å²) in [6.45, 7) is 0. The Morgan fingerprint density at radius 3 is 2.67 bits per heavy atom. The summed E-state index contributed by atoms with van der Waals surface area (Å²) in [5, 5.41) is 3.27. The van der Waals surface area contributed by atoms with E-state index in [4.69, 9.17) is 0 Å². The zero-order chi connectivity index (χ0) is 13.0. The zero-order valence-electron chi connectivity index (χ0n) is 10.9. The van der Waals surface area contributed by atoms with E-state index < -0.39 is 0 Å². The fraction of sp³-hybridized carbons (Fsp3) is 0.600. The van der Waals surface area contributed by atoms with Gasteiger partial charge in [-0.2, -0.15) is 0 Å². The lowest BCUT2D eigenvalue weighted by atomic mass is 9.83. The molecule has 0 bridgehead atoms. The maximum Gasteiger partial charge on any atom is 0.129 e. The third-order valence-electron chi connectivity index (χ3n) is 3.98. The van der Waals surface area contributed by atoms with Gasteiger partial charge >= 0.3 is 0 Å². The monoisotopic (exact) mass is 313 g/mol. The average Bonchev–Trinajstić information content (AvgIpc) is 2.38. The van der Waals surface area contributed by atoms with Gasteiger partial charge in [0.2, 0.25) is 0 Å². The Kier molecular flexibility index (Phi) is 5.19. The van der Waals surface area contributed by atoms with Gasteiger partial charge < -0.3 is 5.32 Å². The number of halogens is 2. The fourth-order valence-corrected chi connectivity index (χ4v) is 3.27. The van der Waals surface area contributed by atoms with E-state index in [2.05, 4.69) is 21.2 Å². The molecule has 0 heterocycles. The highest BCUT2D eigenvalue weighted by Gasteiger charge is 2.21. The van der Waals surface area contributed by atoms with Gasteiger partial charge in [-0.25, -0.2) is 4.39 Å². The van der Waals surface area contributed by atoms with E-state index in [1.165, 1.54) is 32.1 Å². The molecular weight excluding hydrogens is 293 g/mol. The second-order valence-electron chi connectivity index (χ2n) is 5.25. The van der Waals surface area contributed by atoms with Crippen LogP contribution in [0.4, 0.5) is 4.39 Å². The number of rotatable bonds is 4. The first-order valence-electron chi connectivity index (χ1n) is 6.83. The minimum atomic E-state index is -0.112. The maximum absolute atomic E-state index is 14.0. The van der Waals surface area contributed by atoms with Crippen LogP contribution in [0.2, 0.25) is 0 Å². The van der Waals surface area contributed by atoms with Gasteiger partial charge in [0.15, 0.2) is 0 Å². The van der Waals surface area contributed by atoms with Crippen LogP contribution in [0.3, 0.4) is 0 Å². The largest absolute Gasteiger partial charge is 0.313 e. The van der Waals surface area contributed by atoms with Crippen LogP contribution in [0.25, 0.3) is 0 Å². The molecule has 0 spiro atoms. The molecule has 1 unspecified atom stereocenters. The van der Waals surface area contributed by atoms with E-state index in [0.29, 0.717) is 0 Å². The first kappa shape index (κ1) is 14.0. The second-order valence-corrected chi connectivity index (χ2v) is 6.16. The molecule has 1 aliphatic rings. The van der Waals surface area contributed by atoms with Crippen LogP contribution in [0.15, 0.2) is 22.7 Å². The summed E-state index contributed by atoms with van der Waals surface area (Å²) in [6, 6.07) is 5.51. The van der Waals surface area contributed by atoms with Crippen molar-refractivity contribution < 1.29 is 4.39 Å². The Morgan fingerprint density at radius 1 is 1.33 bits per heavy atom. The van der Waals surface area contributed by atoms with Crippen LogP contribution in [0.5, 0.6) is 0 Å². The smallest absolute Gasteiger partial charge is 0.129 e. The van der Waals surface area contributed by atoms with Crippen molar-refractivity contribution in [2.24, 2.45) is 5.92 Å². The highest BCUT2D eigenvalue weighted by Crippen LogP contribution is 2.33. The Bertz CT molecular complexity index is 388. The first-order valence-corrected chi connectivity index (χ1v) is 7.62. The van der Waals surface area contributed by atoms with Gasteiger partial charge in [0.05, 0.1) is 0 Å². The molecule has 1 aromatic rings. The summed E-state index contributed by atoms with van der Waals surface area (Å²) in [4.78, 5) is 0. The summed E-state index contributed by atoms with van der Waals surface area (Å²) in [6.07, 6.45) is 7.70. The minimum Gasteiger partial charge on any atom is -0.313 e. The van der Waals surface area contributed by atoms with Crippen molar-refractivity contribution in [3.63, 3.8) is 0 Å². The number of hydrogen-bond acceptors (Lipinski definition) is 1. The molecule has 0 aromatic heterocycles. The molecule has 0 aliphatic heterocycles. The van der Waals surface area contributed by atoms with Crippen LogP contribution < -0.4 is 5.32 Å². The molecule has 0 amide bonds. The van der Waals surface area contributed by atoms with Crippen molar-refractivity contribution in [2.75, 3.05) is 7.05 Å². The minimum absolute atomic E-state index is 0.112. The lowest BCUT2D eigenvalue weighted by Gasteiger charge is -2.26. The van der Waals surface area contributed by atoms with E-state index in [9.17, 15) is 4.39 Å². The van der Waals surface area contributed by atoms with Crippen LogP contribution in [0, 0.1) is 11.7 Å². The molecule has 1 fully saturated rings. The van der Waals surface area contributed by atoms with Crippen LogP contribution >= 0.6 is 15.9 Å². The molecular formula is C15H21BrFN. The van der Waals surface area contributed by atoms with Gasteiger partial charge in [-0.05, 0) is 31.5 Å². The third kappa shape index (κ3) is 3.55. The van der Waals surface area contributed by atoms with Crippen LogP contribution in [-0.2, 0) is 0 Å². The van der Waals surface area contributed by atoms with E-state index in [0.717, 1.165) is 22.4 Å². The van der Waals surface area contributed by atoms with Gasteiger partial charge in [0, 0.05) is 16.1 Å². The number of nitrogens with one attached hydrogen (secondary N) is 1. The highest BCUT2D eigenvalue weighted by molar-refractivity contribution is 9.10. The SMILES string of the molecule is CNC(CC1CCCCC1)c1ccc(Br)cc1F. The Hall–Kier alpha value is -0.410. The van der Waals surface area contributed by atoms with E-state index in [1.54, 1.807) is 6.07 Å². The molecule has 1 aromatic carbocycles. The quantitative estimate of drug-likeness (QED) is 0.840. The van der Waals surface area contributed by atoms with Crippen molar-refractivity contribution in [2.45, 2.75) is 44.6 Å². The van der Waals surface area contributed by atoms with E-state index in [1.807, 2.05) is 19.2 Å².